The summed E-state index contributed by atoms with van der Waals surface area (Å²) < 4.78 is 5.44. The molecule has 21 heavy (non-hydrogen) atoms. The van der Waals surface area contributed by atoms with Crippen LogP contribution in [0.3, 0.4) is 0 Å². The lowest BCUT2D eigenvalue weighted by Crippen LogP contribution is -2.49. The van der Waals surface area contributed by atoms with Crippen LogP contribution >= 0.6 is 0 Å². The highest BCUT2D eigenvalue weighted by molar-refractivity contribution is 5.77. The first-order chi connectivity index (χ1) is 9.92. The molecule has 0 aromatic rings. The lowest BCUT2D eigenvalue weighted by atomic mass is 9.88. The zero-order valence-corrected chi connectivity index (χ0v) is 12.8. The zero-order chi connectivity index (χ0) is 15.9. The van der Waals surface area contributed by atoms with E-state index in [2.05, 4.69) is 5.32 Å². The first kappa shape index (κ1) is 17.7. The molecule has 122 valence electrons. The zero-order valence-electron chi connectivity index (χ0n) is 12.8. The molecule has 1 fully saturated rings. The standard InChI is InChI=1S/C14H26N2O5/c1-3-14(2,12(18)19)10-15-13(20)16-6-4-11(5-7-16)21-9-8-17/h11,17H,3-10H2,1-2H3,(H,15,20)(H,18,19). The maximum Gasteiger partial charge on any atom is 0.317 e. The quantitative estimate of drug-likeness (QED) is 0.642. The summed E-state index contributed by atoms with van der Waals surface area (Å²) in [6.07, 6.45) is 2.01. The highest BCUT2D eigenvalue weighted by Crippen LogP contribution is 2.20. The Hall–Kier alpha value is -1.34. The highest BCUT2D eigenvalue weighted by atomic mass is 16.5. The lowest BCUT2D eigenvalue weighted by molar-refractivity contribution is -0.147. The number of hydrogen-bond acceptors (Lipinski definition) is 4. The van der Waals surface area contributed by atoms with Gasteiger partial charge in [0.2, 0.25) is 0 Å². The molecule has 7 nitrogen and oxygen atoms in total. The van der Waals surface area contributed by atoms with Gasteiger partial charge in [0.1, 0.15) is 0 Å². The van der Waals surface area contributed by atoms with Gasteiger partial charge >= 0.3 is 12.0 Å². The van der Waals surface area contributed by atoms with Gasteiger partial charge in [-0.2, -0.15) is 0 Å². The summed E-state index contributed by atoms with van der Waals surface area (Å²) in [6, 6.07) is -0.225. The number of rotatable bonds is 7. The van der Waals surface area contributed by atoms with Crippen LogP contribution in [0.25, 0.3) is 0 Å². The number of hydrogen-bond donors (Lipinski definition) is 3. The van der Waals surface area contributed by atoms with Crippen LogP contribution in [-0.2, 0) is 9.53 Å². The maximum absolute atomic E-state index is 12.0. The average Bonchev–Trinajstić information content (AvgIpc) is 2.50. The van der Waals surface area contributed by atoms with E-state index in [0.29, 0.717) is 26.1 Å². The van der Waals surface area contributed by atoms with Crippen LogP contribution in [0.2, 0.25) is 0 Å². The van der Waals surface area contributed by atoms with Crippen LogP contribution in [-0.4, -0.2) is 66.1 Å². The Labute approximate surface area is 125 Å². The topological polar surface area (TPSA) is 99.1 Å². The van der Waals surface area contributed by atoms with Crippen molar-refractivity contribution in [1.29, 1.82) is 0 Å². The highest BCUT2D eigenvalue weighted by Gasteiger charge is 2.32. The minimum Gasteiger partial charge on any atom is -0.481 e. The van der Waals surface area contributed by atoms with Gasteiger partial charge in [-0.1, -0.05) is 6.92 Å². The number of aliphatic carboxylic acids is 1. The van der Waals surface area contributed by atoms with Crippen LogP contribution in [0.15, 0.2) is 0 Å². The van der Waals surface area contributed by atoms with Crippen LogP contribution in [0.5, 0.6) is 0 Å². The number of carbonyl (C=O) groups excluding carboxylic acids is 1. The third-order valence-electron chi connectivity index (χ3n) is 4.10. The lowest BCUT2D eigenvalue weighted by Gasteiger charge is -2.33. The van der Waals surface area contributed by atoms with Crippen molar-refractivity contribution in [2.75, 3.05) is 32.8 Å². The van der Waals surface area contributed by atoms with E-state index in [1.54, 1.807) is 18.7 Å². The molecule has 1 saturated heterocycles. The molecule has 1 atom stereocenters. The third-order valence-corrected chi connectivity index (χ3v) is 4.10. The predicted molar refractivity (Wildman–Crippen MR) is 77.1 cm³/mol. The molecule has 0 aromatic heterocycles. The Bertz CT molecular complexity index is 355. The number of carboxylic acids is 1. The Morgan fingerprint density at radius 1 is 1.38 bits per heavy atom. The van der Waals surface area contributed by atoms with Gasteiger partial charge < -0.3 is 25.2 Å². The van der Waals surface area contributed by atoms with E-state index < -0.39 is 11.4 Å². The molecule has 0 saturated carbocycles. The smallest absolute Gasteiger partial charge is 0.317 e. The normalized spacial score (nSPS) is 19.1. The SMILES string of the molecule is CCC(C)(CNC(=O)N1CCC(OCCO)CC1)C(=O)O. The predicted octanol–water partition coefficient (Wildman–Crippen LogP) is 0.670. The second-order valence-electron chi connectivity index (χ2n) is 5.66. The van der Waals surface area contributed by atoms with Gasteiger partial charge in [-0.25, -0.2) is 4.79 Å². The second kappa shape index (κ2) is 8.19. The Balaban J connectivity index is 2.36. The van der Waals surface area contributed by atoms with E-state index in [4.69, 9.17) is 9.84 Å². The summed E-state index contributed by atoms with van der Waals surface area (Å²) >= 11 is 0. The number of carbonyl (C=O) groups is 2. The molecule has 7 heteroatoms. The van der Waals surface area contributed by atoms with Gasteiger partial charge in [-0.05, 0) is 26.2 Å². The molecule has 1 aliphatic heterocycles. The number of nitrogens with zero attached hydrogens (tertiary/aromatic N) is 1. The van der Waals surface area contributed by atoms with Crippen LogP contribution < -0.4 is 5.32 Å². The number of amides is 2. The Morgan fingerprint density at radius 3 is 2.48 bits per heavy atom. The summed E-state index contributed by atoms with van der Waals surface area (Å²) in [6.45, 7) is 5.04. The number of aliphatic hydroxyl groups excluding tert-OH is 1. The molecule has 3 N–H and O–H groups in total. The van der Waals surface area contributed by atoms with Gasteiger partial charge in [-0.15, -0.1) is 0 Å². The van der Waals surface area contributed by atoms with Gasteiger partial charge in [0.15, 0.2) is 0 Å². The van der Waals surface area contributed by atoms with Gasteiger partial charge in [0.25, 0.3) is 0 Å². The van der Waals surface area contributed by atoms with E-state index in [1.807, 2.05) is 0 Å². The summed E-state index contributed by atoms with van der Waals surface area (Å²) in [7, 11) is 0. The molecular weight excluding hydrogens is 276 g/mol. The van der Waals surface area contributed by atoms with Crippen molar-refractivity contribution in [1.82, 2.24) is 10.2 Å². The molecule has 0 bridgehead atoms. The summed E-state index contributed by atoms with van der Waals surface area (Å²) in [5.41, 5.74) is -0.932. The number of likely N-dealkylation sites (tertiary alicyclic amines) is 1. The van der Waals surface area contributed by atoms with E-state index in [0.717, 1.165) is 12.8 Å². The number of carboxylic acid groups (broad SMARTS) is 1. The molecule has 0 aromatic carbocycles. The van der Waals surface area contributed by atoms with Crippen LogP contribution in [0, 0.1) is 5.41 Å². The van der Waals surface area contributed by atoms with Crippen molar-refractivity contribution in [3.05, 3.63) is 0 Å². The molecular formula is C14H26N2O5. The molecule has 0 spiro atoms. The first-order valence-corrected chi connectivity index (χ1v) is 7.41. The van der Waals surface area contributed by atoms with Crippen molar-refractivity contribution in [2.45, 2.75) is 39.2 Å². The Morgan fingerprint density at radius 2 is 2.00 bits per heavy atom. The third kappa shape index (κ3) is 5.17. The average molecular weight is 302 g/mol. The monoisotopic (exact) mass is 302 g/mol. The van der Waals surface area contributed by atoms with E-state index in [-0.39, 0.29) is 25.3 Å². The van der Waals surface area contributed by atoms with Crippen molar-refractivity contribution >= 4 is 12.0 Å². The van der Waals surface area contributed by atoms with Gasteiger partial charge in [0.05, 0.1) is 24.7 Å². The number of aliphatic hydroxyl groups is 1. The Kier molecular flexibility index (Phi) is 6.91. The summed E-state index contributed by atoms with van der Waals surface area (Å²) in [5.74, 6) is -0.901. The van der Waals surface area contributed by atoms with E-state index >= 15 is 0 Å². The van der Waals surface area contributed by atoms with Crippen molar-refractivity contribution in [3.8, 4) is 0 Å². The van der Waals surface area contributed by atoms with Gasteiger partial charge in [0, 0.05) is 19.6 Å². The number of nitrogens with one attached hydrogen (secondary N) is 1. The number of urea groups is 1. The van der Waals surface area contributed by atoms with E-state index in [9.17, 15) is 14.7 Å². The van der Waals surface area contributed by atoms with Crippen molar-refractivity contribution < 1.29 is 24.5 Å². The van der Waals surface area contributed by atoms with Crippen LogP contribution in [0.4, 0.5) is 4.79 Å². The van der Waals surface area contributed by atoms with Crippen molar-refractivity contribution in [3.63, 3.8) is 0 Å². The molecule has 2 amide bonds. The fourth-order valence-electron chi connectivity index (χ4n) is 2.18. The molecule has 1 heterocycles. The van der Waals surface area contributed by atoms with Gasteiger partial charge in [-0.3, -0.25) is 4.79 Å². The molecule has 0 aliphatic carbocycles. The second-order valence-corrected chi connectivity index (χ2v) is 5.66. The fourth-order valence-corrected chi connectivity index (χ4v) is 2.18. The molecule has 1 unspecified atom stereocenters. The molecule has 0 radical (unpaired) electrons. The fraction of sp³-hybridized carbons (Fsp3) is 0.857. The van der Waals surface area contributed by atoms with Crippen molar-refractivity contribution in [2.24, 2.45) is 5.41 Å². The first-order valence-electron chi connectivity index (χ1n) is 7.41. The molecule has 1 rings (SSSR count). The number of piperidine rings is 1. The maximum atomic E-state index is 12.0. The molecule has 1 aliphatic rings. The summed E-state index contributed by atoms with van der Waals surface area (Å²) in [4.78, 5) is 24.9. The van der Waals surface area contributed by atoms with Crippen LogP contribution in [0.1, 0.15) is 33.1 Å². The minimum absolute atomic E-state index is 0.00545. The number of ether oxygens (including phenoxy) is 1. The summed E-state index contributed by atoms with van der Waals surface area (Å²) in [5, 5.41) is 20.6. The van der Waals surface area contributed by atoms with E-state index in [1.165, 1.54) is 0 Å². The minimum atomic E-state index is -0.932. The largest absolute Gasteiger partial charge is 0.481 e.